The van der Waals surface area contributed by atoms with E-state index in [4.69, 9.17) is 9.72 Å². The number of hydrogen-bond acceptors (Lipinski definition) is 5. The Labute approximate surface area is 173 Å². The van der Waals surface area contributed by atoms with Crippen LogP contribution in [0.15, 0.2) is 84.7 Å². The third kappa shape index (κ3) is 2.93. The van der Waals surface area contributed by atoms with Crippen molar-refractivity contribution < 1.29 is 9.53 Å². The topological polar surface area (TPSA) is 69.0 Å². The third-order valence-corrected chi connectivity index (χ3v) is 5.19. The van der Waals surface area contributed by atoms with Gasteiger partial charge in [-0.15, -0.1) is 0 Å². The highest BCUT2D eigenvalue weighted by Gasteiger charge is 2.36. The Hall–Kier alpha value is -3.93. The van der Waals surface area contributed by atoms with Crippen LogP contribution >= 0.6 is 0 Å². The van der Waals surface area contributed by atoms with Crippen LogP contribution in [0.3, 0.4) is 0 Å². The molecule has 4 aromatic rings. The lowest BCUT2D eigenvalue weighted by Crippen LogP contribution is -2.29. The summed E-state index contributed by atoms with van der Waals surface area (Å²) in [5.41, 5.74) is 4.80. The Morgan fingerprint density at radius 3 is 2.63 bits per heavy atom. The number of pyridine rings is 1. The van der Waals surface area contributed by atoms with Crippen molar-refractivity contribution in [2.24, 2.45) is 0 Å². The first-order chi connectivity index (χ1) is 14.8. The first-order valence-corrected chi connectivity index (χ1v) is 9.88. The molecule has 1 aliphatic heterocycles. The number of aromatic nitrogens is 3. The number of nitrogens with one attached hydrogen (secondary N) is 1. The highest BCUT2D eigenvalue weighted by Crippen LogP contribution is 2.42. The fourth-order valence-corrected chi connectivity index (χ4v) is 3.95. The number of rotatable bonds is 4. The number of anilines is 1. The molecule has 6 heteroatoms. The van der Waals surface area contributed by atoms with Gasteiger partial charge in [-0.2, -0.15) is 0 Å². The van der Waals surface area contributed by atoms with Crippen LogP contribution in [0.1, 0.15) is 24.1 Å². The largest absolute Gasteiger partial charge is 0.463 e. The van der Waals surface area contributed by atoms with Gasteiger partial charge < -0.3 is 10.1 Å². The van der Waals surface area contributed by atoms with E-state index in [1.807, 2.05) is 78.2 Å². The molecule has 3 heterocycles. The van der Waals surface area contributed by atoms with Gasteiger partial charge >= 0.3 is 5.97 Å². The molecule has 0 aliphatic carbocycles. The Bertz CT molecular complexity index is 1250. The van der Waals surface area contributed by atoms with Crippen LogP contribution in [0.5, 0.6) is 0 Å². The standard InChI is InChI=1S/C24H20N4O2/c1-2-30-23(29)20-21(16-9-4-3-5-10-16)27-24-26-18-12-6-7-13-19(18)28(24)22(20)17-11-8-14-25-15-17/h3-15,22H,2H2,1H3,(H,26,27). The van der Waals surface area contributed by atoms with Gasteiger partial charge in [0.05, 0.1) is 35.0 Å². The van der Waals surface area contributed by atoms with E-state index in [0.29, 0.717) is 23.8 Å². The summed E-state index contributed by atoms with van der Waals surface area (Å²) in [6.45, 7) is 2.11. The number of esters is 1. The molecule has 0 saturated heterocycles. The second-order valence-electron chi connectivity index (χ2n) is 6.98. The summed E-state index contributed by atoms with van der Waals surface area (Å²) < 4.78 is 7.54. The molecule has 6 nitrogen and oxygen atoms in total. The molecule has 1 atom stereocenters. The van der Waals surface area contributed by atoms with Gasteiger partial charge in [-0.05, 0) is 36.2 Å². The van der Waals surface area contributed by atoms with Gasteiger partial charge in [0.1, 0.15) is 0 Å². The molecule has 1 N–H and O–H groups in total. The number of hydrogen-bond donors (Lipinski definition) is 1. The van der Waals surface area contributed by atoms with E-state index in [-0.39, 0.29) is 5.97 Å². The number of fused-ring (bicyclic) bond motifs is 3. The Balaban J connectivity index is 1.83. The molecule has 0 amide bonds. The number of nitrogens with zero attached hydrogens (tertiary/aromatic N) is 3. The minimum atomic E-state index is -0.420. The molecule has 0 radical (unpaired) electrons. The summed E-state index contributed by atoms with van der Waals surface area (Å²) in [5, 5.41) is 3.40. The Morgan fingerprint density at radius 2 is 1.87 bits per heavy atom. The lowest BCUT2D eigenvalue weighted by molar-refractivity contribution is -0.138. The molecule has 0 saturated carbocycles. The average Bonchev–Trinajstić information content (AvgIpc) is 3.17. The van der Waals surface area contributed by atoms with Crippen molar-refractivity contribution in [3.05, 3.63) is 95.8 Å². The van der Waals surface area contributed by atoms with Crippen molar-refractivity contribution in [2.45, 2.75) is 13.0 Å². The maximum Gasteiger partial charge on any atom is 0.338 e. The van der Waals surface area contributed by atoms with Gasteiger partial charge in [0.2, 0.25) is 5.95 Å². The summed E-state index contributed by atoms with van der Waals surface area (Å²) in [7, 11) is 0. The monoisotopic (exact) mass is 396 g/mol. The van der Waals surface area contributed by atoms with E-state index in [1.165, 1.54) is 0 Å². The fraction of sp³-hybridized carbons (Fsp3) is 0.125. The first kappa shape index (κ1) is 18.1. The van der Waals surface area contributed by atoms with Crippen LogP contribution in [-0.4, -0.2) is 27.1 Å². The maximum absolute atomic E-state index is 13.3. The summed E-state index contributed by atoms with van der Waals surface area (Å²) >= 11 is 0. The molecular formula is C24H20N4O2. The van der Waals surface area contributed by atoms with E-state index in [9.17, 15) is 4.79 Å². The van der Waals surface area contributed by atoms with Crippen LogP contribution in [0, 0.1) is 0 Å². The minimum Gasteiger partial charge on any atom is -0.463 e. The van der Waals surface area contributed by atoms with E-state index in [1.54, 1.807) is 12.4 Å². The van der Waals surface area contributed by atoms with E-state index in [2.05, 4.69) is 10.3 Å². The third-order valence-electron chi connectivity index (χ3n) is 5.19. The zero-order valence-electron chi connectivity index (χ0n) is 16.4. The summed E-state index contributed by atoms with van der Waals surface area (Å²) in [6, 6.07) is 21.1. The smallest absolute Gasteiger partial charge is 0.338 e. The number of ether oxygens (including phenoxy) is 1. The molecular weight excluding hydrogens is 376 g/mol. The van der Waals surface area contributed by atoms with Crippen molar-refractivity contribution in [1.82, 2.24) is 14.5 Å². The highest BCUT2D eigenvalue weighted by molar-refractivity contribution is 6.03. The fourth-order valence-electron chi connectivity index (χ4n) is 3.95. The second kappa shape index (κ2) is 7.48. The summed E-state index contributed by atoms with van der Waals surface area (Å²) in [6.07, 6.45) is 3.51. The van der Waals surface area contributed by atoms with Crippen molar-refractivity contribution in [3.63, 3.8) is 0 Å². The predicted molar refractivity (Wildman–Crippen MR) is 116 cm³/mol. The number of para-hydroxylation sites is 2. The molecule has 1 unspecified atom stereocenters. The van der Waals surface area contributed by atoms with Crippen LogP contribution in [-0.2, 0) is 9.53 Å². The van der Waals surface area contributed by atoms with Crippen molar-refractivity contribution in [1.29, 1.82) is 0 Å². The quantitative estimate of drug-likeness (QED) is 0.517. The summed E-state index contributed by atoms with van der Waals surface area (Å²) in [4.78, 5) is 22.4. The van der Waals surface area contributed by atoms with Gasteiger partial charge in [-0.1, -0.05) is 48.5 Å². The van der Waals surface area contributed by atoms with Gasteiger partial charge in [-0.3, -0.25) is 9.55 Å². The van der Waals surface area contributed by atoms with Crippen molar-refractivity contribution >= 4 is 28.6 Å². The van der Waals surface area contributed by atoms with Crippen molar-refractivity contribution in [2.75, 3.05) is 11.9 Å². The molecule has 2 aromatic carbocycles. The van der Waals surface area contributed by atoms with Crippen LogP contribution < -0.4 is 5.32 Å². The van der Waals surface area contributed by atoms with E-state index >= 15 is 0 Å². The number of imidazole rings is 1. The zero-order chi connectivity index (χ0) is 20.5. The molecule has 0 spiro atoms. The molecule has 0 bridgehead atoms. The number of benzene rings is 2. The highest BCUT2D eigenvalue weighted by atomic mass is 16.5. The first-order valence-electron chi connectivity index (χ1n) is 9.88. The van der Waals surface area contributed by atoms with Crippen LogP contribution in [0.2, 0.25) is 0 Å². The molecule has 148 valence electrons. The summed E-state index contributed by atoms with van der Waals surface area (Å²) in [5.74, 6) is 0.318. The predicted octanol–water partition coefficient (Wildman–Crippen LogP) is 4.42. The molecule has 5 rings (SSSR count). The molecule has 1 aliphatic rings. The second-order valence-corrected chi connectivity index (χ2v) is 6.98. The Morgan fingerprint density at radius 1 is 1.07 bits per heavy atom. The number of carbonyl (C=O) groups excluding carboxylic acids is 1. The van der Waals surface area contributed by atoms with Gasteiger partial charge in [0.25, 0.3) is 0 Å². The van der Waals surface area contributed by atoms with E-state index < -0.39 is 6.04 Å². The van der Waals surface area contributed by atoms with Gasteiger partial charge in [-0.25, -0.2) is 9.78 Å². The lowest BCUT2D eigenvalue weighted by Gasteiger charge is -2.31. The van der Waals surface area contributed by atoms with Gasteiger partial charge in [0.15, 0.2) is 0 Å². The van der Waals surface area contributed by atoms with E-state index in [0.717, 1.165) is 22.2 Å². The average molecular weight is 396 g/mol. The molecule has 0 fully saturated rings. The molecule has 30 heavy (non-hydrogen) atoms. The Kier molecular flexibility index (Phi) is 4.52. The lowest BCUT2D eigenvalue weighted by atomic mass is 9.93. The maximum atomic E-state index is 13.3. The van der Waals surface area contributed by atoms with Crippen molar-refractivity contribution in [3.8, 4) is 0 Å². The van der Waals surface area contributed by atoms with Crippen LogP contribution in [0.25, 0.3) is 16.7 Å². The molecule has 2 aromatic heterocycles. The van der Waals surface area contributed by atoms with Crippen LogP contribution in [0.4, 0.5) is 5.95 Å². The van der Waals surface area contributed by atoms with Gasteiger partial charge in [0, 0.05) is 12.4 Å². The minimum absolute atomic E-state index is 0.293. The number of carbonyl (C=O) groups is 1. The normalized spacial score (nSPS) is 15.6. The SMILES string of the molecule is CCOC(=O)C1=C(c2ccccc2)Nc2nc3ccccc3n2C1c1cccnc1. The zero-order valence-corrected chi connectivity index (χ0v) is 16.4.